The molecule has 1 saturated carbocycles. The minimum absolute atomic E-state index is 0.0654. The van der Waals surface area contributed by atoms with Gasteiger partial charge in [0.05, 0.1) is 30.0 Å². The van der Waals surface area contributed by atoms with Crippen LogP contribution in [-0.4, -0.2) is 36.9 Å². The highest BCUT2D eigenvalue weighted by Gasteiger charge is 2.48. The first kappa shape index (κ1) is 21.1. The van der Waals surface area contributed by atoms with Crippen LogP contribution in [-0.2, 0) is 23.1 Å². The zero-order valence-corrected chi connectivity index (χ0v) is 18.6. The number of halogens is 2. The number of methoxy groups -OCH3 is 2. The van der Waals surface area contributed by atoms with E-state index in [-0.39, 0.29) is 17.2 Å². The Kier molecular flexibility index (Phi) is 5.73. The molecular formula is C22H25Cl2N3O3. The average Bonchev–Trinajstić information content (AvgIpc) is 3.42. The van der Waals surface area contributed by atoms with Gasteiger partial charge in [-0.3, -0.25) is 9.89 Å². The van der Waals surface area contributed by atoms with Gasteiger partial charge in [0.15, 0.2) is 0 Å². The van der Waals surface area contributed by atoms with Gasteiger partial charge in [0, 0.05) is 29.3 Å². The second kappa shape index (κ2) is 8.16. The molecule has 0 spiro atoms. The Morgan fingerprint density at radius 1 is 1.33 bits per heavy atom. The lowest BCUT2D eigenvalue weighted by Crippen LogP contribution is -2.32. The lowest BCUT2D eigenvalue weighted by atomic mass is 9.80. The van der Waals surface area contributed by atoms with E-state index in [9.17, 15) is 4.79 Å². The smallest absolute Gasteiger partial charge is 0.243 e. The number of hydrogen-bond donors (Lipinski definition) is 2. The maximum absolute atomic E-state index is 11.6. The molecule has 30 heavy (non-hydrogen) atoms. The van der Waals surface area contributed by atoms with Crippen LogP contribution < -0.4 is 14.8 Å². The van der Waals surface area contributed by atoms with Crippen LogP contribution in [0.15, 0.2) is 18.7 Å². The van der Waals surface area contributed by atoms with E-state index in [2.05, 4.69) is 22.1 Å². The summed E-state index contributed by atoms with van der Waals surface area (Å²) >= 11 is 13.3. The molecule has 1 aromatic carbocycles. The monoisotopic (exact) mass is 449 g/mol. The number of carbonyl (C=O) groups is 1. The molecule has 2 N–H and O–H groups in total. The summed E-state index contributed by atoms with van der Waals surface area (Å²) in [6.45, 7) is 4.10. The Labute approximate surface area is 185 Å². The van der Waals surface area contributed by atoms with Crippen molar-refractivity contribution in [2.45, 2.75) is 43.4 Å². The number of aromatic nitrogens is 2. The van der Waals surface area contributed by atoms with E-state index in [4.69, 9.17) is 32.7 Å². The van der Waals surface area contributed by atoms with E-state index in [1.807, 2.05) is 0 Å². The third-order valence-electron chi connectivity index (χ3n) is 6.30. The van der Waals surface area contributed by atoms with E-state index in [1.165, 1.54) is 11.6 Å². The Balaban J connectivity index is 1.61. The molecule has 0 unspecified atom stereocenters. The number of fused-ring (bicyclic) bond motifs is 1. The van der Waals surface area contributed by atoms with E-state index in [0.29, 0.717) is 28.1 Å². The molecule has 0 saturated heterocycles. The van der Waals surface area contributed by atoms with E-state index in [1.54, 1.807) is 20.3 Å². The number of H-pyrrole nitrogens is 1. The predicted octanol–water partition coefficient (Wildman–Crippen LogP) is 4.34. The fraction of sp³-hybridized carbons (Fsp3) is 0.455. The Morgan fingerprint density at radius 2 is 2.00 bits per heavy atom. The van der Waals surface area contributed by atoms with E-state index < -0.39 is 0 Å². The first-order valence-corrected chi connectivity index (χ1v) is 10.8. The molecule has 2 aliphatic rings. The van der Waals surface area contributed by atoms with Gasteiger partial charge in [0.1, 0.15) is 11.5 Å². The van der Waals surface area contributed by atoms with Crippen molar-refractivity contribution < 1.29 is 14.3 Å². The Morgan fingerprint density at radius 3 is 2.57 bits per heavy atom. The fourth-order valence-corrected chi connectivity index (χ4v) is 5.24. The molecular weight excluding hydrogens is 425 g/mol. The minimum atomic E-state index is -0.151. The summed E-state index contributed by atoms with van der Waals surface area (Å²) in [5.74, 6) is 1.09. The maximum Gasteiger partial charge on any atom is 0.243 e. The first-order valence-electron chi connectivity index (χ1n) is 10.0. The summed E-state index contributed by atoms with van der Waals surface area (Å²) < 4.78 is 10.8. The number of rotatable bonds is 7. The lowest BCUT2D eigenvalue weighted by Gasteiger charge is -2.26. The third kappa shape index (κ3) is 3.56. The molecule has 8 heteroatoms. The van der Waals surface area contributed by atoms with Crippen LogP contribution >= 0.6 is 23.2 Å². The number of hydrogen-bond acceptors (Lipinski definition) is 4. The quantitative estimate of drug-likeness (QED) is 0.616. The molecule has 1 aromatic heterocycles. The van der Waals surface area contributed by atoms with Gasteiger partial charge in [-0.2, -0.15) is 5.10 Å². The van der Waals surface area contributed by atoms with Crippen molar-refractivity contribution in [2.24, 2.45) is 0 Å². The third-order valence-corrected chi connectivity index (χ3v) is 7.08. The van der Waals surface area contributed by atoms with Crippen molar-refractivity contribution in [2.75, 3.05) is 20.8 Å². The topological polar surface area (TPSA) is 76.2 Å². The van der Waals surface area contributed by atoms with Crippen molar-refractivity contribution in [3.8, 4) is 11.5 Å². The molecule has 1 fully saturated rings. The van der Waals surface area contributed by atoms with Crippen molar-refractivity contribution in [1.82, 2.24) is 15.5 Å². The second-order valence-electron chi connectivity index (χ2n) is 7.99. The van der Waals surface area contributed by atoms with Crippen molar-refractivity contribution in [3.63, 3.8) is 0 Å². The van der Waals surface area contributed by atoms with Crippen LogP contribution in [0.4, 0.5) is 0 Å². The summed E-state index contributed by atoms with van der Waals surface area (Å²) in [6, 6.07) is 1.71. The van der Waals surface area contributed by atoms with Crippen LogP contribution in [0.2, 0.25) is 10.0 Å². The number of amides is 1. The zero-order chi connectivity index (χ0) is 21.5. The van der Waals surface area contributed by atoms with Gasteiger partial charge >= 0.3 is 0 Å². The van der Waals surface area contributed by atoms with Gasteiger partial charge in [-0.15, -0.1) is 0 Å². The molecule has 1 atom stereocenters. The van der Waals surface area contributed by atoms with Gasteiger partial charge in [-0.25, -0.2) is 0 Å². The molecule has 2 aliphatic carbocycles. The number of nitrogens with zero attached hydrogens (tertiary/aromatic N) is 1. The van der Waals surface area contributed by atoms with Gasteiger partial charge in [-0.1, -0.05) is 29.8 Å². The molecule has 1 amide bonds. The number of aromatic amines is 1. The standard InChI is InChI=1S/C22H25Cl2N3O3/c1-4-17(28)25-11-22(7-8-22)21-13-6-5-12(9-14(13)26-27-21)18-19(23)15(29-2)10-16(30-3)20(18)24/h4,10,12H,1,5-9,11H2,2-3H3,(H,25,28)(H,26,27)/t12-/m0/s1. The first-order chi connectivity index (χ1) is 14.4. The van der Waals surface area contributed by atoms with Gasteiger partial charge in [-0.05, 0) is 49.7 Å². The predicted molar refractivity (Wildman–Crippen MR) is 117 cm³/mol. The zero-order valence-electron chi connectivity index (χ0n) is 17.1. The van der Waals surface area contributed by atoms with E-state index >= 15 is 0 Å². The number of carbonyl (C=O) groups excluding carboxylic acids is 1. The molecule has 4 rings (SSSR count). The summed E-state index contributed by atoms with van der Waals surface area (Å²) in [5, 5.41) is 11.9. The number of ether oxygens (including phenoxy) is 2. The maximum atomic E-state index is 11.6. The van der Waals surface area contributed by atoms with Crippen LogP contribution in [0, 0.1) is 0 Å². The Bertz CT molecular complexity index is 970. The molecule has 1 heterocycles. The highest BCUT2D eigenvalue weighted by molar-refractivity contribution is 6.38. The van der Waals surface area contributed by atoms with Crippen molar-refractivity contribution >= 4 is 29.1 Å². The largest absolute Gasteiger partial charge is 0.495 e. The molecule has 0 bridgehead atoms. The molecule has 0 aliphatic heterocycles. The normalized spacial score (nSPS) is 19.0. The van der Waals surface area contributed by atoms with Crippen LogP contribution in [0.5, 0.6) is 11.5 Å². The molecule has 160 valence electrons. The number of benzene rings is 1. The van der Waals surface area contributed by atoms with Crippen molar-refractivity contribution in [3.05, 3.63) is 51.3 Å². The second-order valence-corrected chi connectivity index (χ2v) is 8.75. The van der Waals surface area contributed by atoms with Gasteiger partial charge in [0.2, 0.25) is 5.91 Å². The highest BCUT2D eigenvalue weighted by Crippen LogP contribution is 2.51. The summed E-state index contributed by atoms with van der Waals surface area (Å²) in [5.41, 5.74) is 4.25. The van der Waals surface area contributed by atoms with Crippen molar-refractivity contribution in [1.29, 1.82) is 0 Å². The van der Waals surface area contributed by atoms with Crippen LogP contribution in [0.25, 0.3) is 0 Å². The molecule has 2 aromatic rings. The van der Waals surface area contributed by atoms with Crippen LogP contribution in [0.1, 0.15) is 47.7 Å². The lowest BCUT2D eigenvalue weighted by molar-refractivity contribution is -0.116. The molecule has 0 radical (unpaired) electrons. The van der Waals surface area contributed by atoms with E-state index in [0.717, 1.165) is 49.1 Å². The average molecular weight is 450 g/mol. The summed E-state index contributed by atoms with van der Waals surface area (Å²) in [7, 11) is 3.16. The Hall–Kier alpha value is -2.18. The van der Waals surface area contributed by atoms with Gasteiger partial charge in [0.25, 0.3) is 0 Å². The highest BCUT2D eigenvalue weighted by atomic mass is 35.5. The van der Waals surface area contributed by atoms with Gasteiger partial charge < -0.3 is 14.8 Å². The SMILES string of the molecule is C=CC(=O)NCC1(c2n[nH]c3c2CC[C@H](c2c(Cl)c(OC)cc(OC)c2Cl)C3)CC1. The summed E-state index contributed by atoms with van der Waals surface area (Å²) in [6.07, 6.45) is 5.87. The summed E-state index contributed by atoms with van der Waals surface area (Å²) in [4.78, 5) is 11.6. The number of nitrogens with one attached hydrogen (secondary N) is 2. The molecule has 6 nitrogen and oxygen atoms in total. The minimum Gasteiger partial charge on any atom is -0.495 e. The fourth-order valence-electron chi connectivity index (χ4n) is 4.43. The van der Waals surface area contributed by atoms with Crippen LogP contribution in [0.3, 0.4) is 0 Å².